The average molecular weight is 390 g/mol. The van der Waals surface area contributed by atoms with E-state index >= 15 is 0 Å². The Labute approximate surface area is 140 Å². The monoisotopic (exact) mass is 390 g/mol. The molecule has 1 aliphatic rings. The Morgan fingerprint density at radius 2 is 1.60 bits per heavy atom. The van der Waals surface area contributed by atoms with Crippen LogP contribution in [0.4, 0.5) is 13.2 Å². The summed E-state index contributed by atoms with van der Waals surface area (Å²) in [5.74, 6) is -0.238. The van der Waals surface area contributed by atoms with Crippen LogP contribution in [-0.2, 0) is 19.9 Å². The van der Waals surface area contributed by atoms with Crippen LogP contribution >= 0.6 is 0 Å². The van der Waals surface area contributed by atoms with E-state index in [9.17, 15) is 30.0 Å². The molecule has 25 heavy (non-hydrogen) atoms. The molecule has 0 saturated heterocycles. The minimum absolute atomic E-state index is 0.116. The molecule has 2 N–H and O–H groups in total. The molecule has 0 saturated carbocycles. The second-order valence-electron chi connectivity index (χ2n) is 5.10. The van der Waals surface area contributed by atoms with Crippen LogP contribution in [0.5, 0.6) is 0 Å². The van der Waals surface area contributed by atoms with Gasteiger partial charge in [-0.2, -0.15) is 21.6 Å². The highest BCUT2D eigenvalue weighted by molar-refractivity contribution is 7.92. The summed E-state index contributed by atoms with van der Waals surface area (Å²) >= 11 is 0. The minimum Gasteiger partial charge on any atom is -0.382 e. The molecular weight excluding hydrogens is 381 g/mol. The Kier molecular flexibility index (Phi) is 3.69. The van der Waals surface area contributed by atoms with Gasteiger partial charge in [0.15, 0.2) is 0 Å². The maximum absolute atomic E-state index is 12.6. The van der Waals surface area contributed by atoms with Crippen molar-refractivity contribution < 1.29 is 30.0 Å². The van der Waals surface area contributed by atoms with Gasteiger partial charge in [0, 0.05) is 5.56 Å². The zero-order chi connectivity index (χ0) is 18.6. The van der Waals surface area contributed by atoms with Crippen molar-refractivity contribution in [2.45, 2.75) is 15.3 Å². The Bertz CT molecular complexity index is 1100. The number of fused-ring (bicyclic) bond motifs is 1. The lowest BCUT2D eigenvalue weighted by atomic mass is 9.99. The van der Waals surface area contributed by atoms with Crippen LogP contribution in [0.1, 0.15) is 5.56 Å². The standard InChI is InChI=1S/C14H9F3N2O4S2/c15-14(16,17)24(20,21)9-6-4-8(5-7-9)10-2-1-3-11-12(10)13(18)19-25(11,22)23/h1-7H,(H2,18,19). The summed E-state index contributed by atoms with van der Waals surface area (Å²) in [7, 11) is -9.38. The number of rotatable bonds is 2. The summed E-state index contributed by atoms with van der Waals surface area (Å²) < 4.78 is 87.6. The molecule has 0 atom stereocenters. The molecule has 2 aromatic rings. The number of sulfone groups is 1. The van der Waals surface area contributed by atoms with Gasteiger partial charge in [0.1, 0.15) is 10.7 Å². The van der Waals surface area contributed by atoms with Gasteiger partial charge in [-0.25, -0.2) is 8.42 Å². The molecule has 0 aromatic heterocycles. The van der Waals surface area contributed by atoms with E-state index in [-0.39, 0.29) is 16.3 Å². The number of alkyl halides is 3. The maximum atomic E-state index is 12.6. The fourth-order valence-corrected chi connectivity index (χ4v) is 4.36. The Morgan fingerprint density at radius 1 is 1.00 bits per heavy atom. The summed E-state index contributed by atoms with van der Waals surface area (Å²) in [6, 6.07) is 8.14. The molecule has 0 radical (unpaired) electrons. The van der Waals surface area contributed by atoms with Gasteiger partial charge in [-0.05, 0) is 29.3 Å². The van der Waals surface area contributed by atoms with Crippen molar-refractivity contribution in [2.24, 2.45) is 10.1 Å². The van der Waals surface area contributed by atoms with Crippen molar-refractivity contribution in [3.05, 3.63) is 48.0 Å². The molecular formula is C14H9F3N2O4S2. The molecule has 6 nitrogen and oxygen atoms in total. The molecule has 3 rings (SSSR count). The molecule has 0 aliphatic carbocycles. The minimum atomic E-state index is -5.46. The van der Waals surface area contributed by atoms with Crippen molar-refractivity contribution in [3.63, 3.8) is 0 Å². The highest BCUT2D eigenvalue weighted by Crippen LogP contribution is 2.35. The highest BCUT2D eigenvalue weighted by Gasteiger charge is 2.46. The number of halogens is 3. The fraction of sp³-hybridized carbons (Fsp3) is 0.0714. The lowest BCUT2D eigenvalue weighted by Crippen LogP contribution is -2.23. The van der Waals surface area contributed by atoms with Gasteiger partial charge in [-0.1, -0.05) is 24.3 Å². The van der Waals surface area contributed by atoms with E-state index in [0.717, 1.165) is 24.3 Å². The third kappa shape index (κ3) is 2.68. The summed E-state index contributed by atoms with van der Waals surface area (Å²) in [5, 5.41) is 0. The number of nitrogens with two attached hydrogens (primary N) is 1. The second-order valence-corrected chi connectivity index (χ2v) is 8.62. The van der Waals surface area contributed by atoms with Gasteiger partial charge in [0.25, 0.3) is 19.9 Å². The van der Waals surface area contributed by atoms with E-state index in [1.165, 1.54) is 18.2 Å². The van der Waals surface area contributed by atoms with E-state index in [1.54, 1.807) is 0 Å². The third-order valence-electron chi connectivity index (χ3n) is 3.56. The van der Waals surface area contributed by atoms with Crippen molar-refractivity contribution in [1.82, 2.24) is 0 Å². The van der Waals surface area contributed by atoms with Crippen LogP contribution in [0.2, 0.25) is 0 Å². The zero-order valence-corrected chi connectivity index (χ0v) is 13.8. The molecule has 0 unspecified atom stereocenters. The Balaban J connectivity index is 2.13. The van der Waals surface area contributed by atoms with Crippen LogP contribution in [-0.4, -0.2) is 28.2 Å². The SMILES string of the molecule is NC1=NS(=O)(=O)c2cccc(-c3ccc(S(=O)(=O)C(F)(F)F)cc3)c21. The molecule has 0 fully saturated rings. The molecule has 1 heterocycles. The molecule has 1 aliphatic heterocycles. The van der Waals surface area contributed by atoms with Gasteiger partial charge in [0.2, 0.25) is 0 Å². The quantitative estimate of drug-likeness (QED) is 0.845. The van der Waals surface area contributed by atoms with Crippen LogP contribution in [0.25, 0.3) is 11.1 Å². The predicted molar refractivity (Wildman–Crippen MR) is 83.0 cm³/mol. The predicted octanol–water partition coefficient (Wildman–Crippen LogP) is 2.05. The zero-order valence-electron chi connectivity index (χ0n) is 12.1. The number of hydrogen-bond acceptors (Lipinski definition) is 5. The van der Waals surface area contributed by atoms with Crippen LogP contribution in [0, 0.1) is 0 Å². The first kappa shape index (κ1) is 17.4. The summed E-state index contributed by atoms with van der Waals surface area (Å²) in [6.07, 6.45) is 0. The first-order valence-electron chi connectivity index (χ1n) is 6.61. The number of sulfonamides is 1. The van der Waals surface area contributed by atoms with E-state index in [0.29, 0.717) is 11.1 Å². The molecule has 0 bridgehead atoms. The van der Waals surface area contributed by atoms with Gasteiger partial charge >= 0.3 is 5.51 Å². The second kappa shape index (κ2) is 5.30. The number of nitrogens with zero attached hydrogens (tertiary/aromatic N) is 1. The van der Waals surface area contributed by atoms with E-state index in [2.05, 4.69) is 4.40 Å². The first-order valence-corrected chi connectivity index (χ1v) is 9.53. The largest absolute Gasteiger partial charge is 0.501 e. The van der Waals surface area contributed by atoms with Crippen LogP contribution in [0.15, 0.2) is 56.7 Å². The lowest BCUT2D eigenvalue weighted by molar-refractivity contribution is -0.0436. The van der Waals surface area contributed by atoms with Crippen LogP contribution < -0.4 is 5.73 Å². The first-order chi connectivity index (χ1) is 11.4. The van der Waals surface area contributed by atoms with Crippen molar-refractivity contribution in [3.8, 4) is 11.1 Å². The number of amidine groups is 1. The lowest BCUT2D eigenvalue weighted by Gasteiger charge is -2.10. The van der Waals surface area contributed by atoms with Crippen molar-refractivity contribution in [2.75, 3.05) is 0 Å². The van der Waals surface area contributed by atoms with Gasteiger partial charge in [-0.3, -0.25) is 0 Å². The Hall–Kier alpha value is -2.40. The van der Waals surface area contributed by atoms with Crippen molar-refractivity contribution >= 4 is 25.7 Å². The molecule has 11 heteroatoms. The van der Waals surface area contributed by atoms with E-state index in [1.807, 2.05) is 0 Å². The van der Waals surface area contributed by atoms with E-state index in [4.69, 9.17) is 5.73 Å². The van der Waals surface area contributed by atoms with E-state index < -0.39 is 30.3 Å². The van der Waals surface area contributed by atoms with Gasteiger partial charge < -0.3 is 5.73 Å². The molecule has 0 spiro atoms. The summed E-state index contributed by atoms with van der Waals surface area (Å²) in [5.41, 5.74) is 0.982. The summed E-state index contributed by atoms with van der Waals surface area (Å²) in [6.45, 7) is 0. The smallest absolute Gasteiger partial charge is 0.382 e. The molecule has 0 amide bonds. The van der Waals surface area contributed by atoms with Gasteiger partial charge in [-0.15, -0.1) is 4.40 Å². The Morgan fingerprint density at radius 3 is 2.16 bits per heavy atom. The fourth-order valence-electron chi connectivity index (χ4n) is 2.42. The topological polar surface area (TPSA) is 107 Å². The average Bonchev–Trinajstić information content (AvgIpc) is 2.76. The highest BCUT2D eigenvalue weighted by atomic mass is 32.2. The summed E-state index contributed by atoms with van der Waals surface area (Å²) in [4.78, 5) is -1.03. The number of benzene rings is 2. The maximum Gasteiger partial charge on any atom is 0.501 e. The van der Waals surface area contributed by atoms with Crippen LogP contribution in [0.3, 0.4) is 0 Å². The number of hydrogen-bond donors (Lipinski definition) is 1. The third-order valence-corrected chi connectivity index (χ3v) is 6.39. The van der Waals surface area contributed by atoms with Gasteiger partial charge in [0.05, 0.1) is 4.90 Å². The molecule has 2 aromatic carbocycles. The normalized spacial score (nSPS) is 16.4. The molecule has 132 valence electrons. The van der Waals surface area contributed by atoms with Crippen molar-refractivity contribution in [1.29, 1.82) is 0 Å².